The van der Waals surface area contributed by atoms with Crippen molar-refractivity contribution in [3.8, 4) is 0 Å². The summed E-state index contributed by atoms with van der Waals surface area (Å²) in [6.45, 7) is 2.05. The first-order valence-corrected chi connectivity index (χ1v) is 5.15. The van der Waals surface area contributed by atoms with Crippen LogP contribution < -0.4 is 5.69 Å². The summed E-state index contributed by atoms with van der Waals surface area (Å²) in [5, 5.41) is 9.04. The molecule has 2 N–H and O–H groups in total. The molecule has 0 aliphatic rings. The minimum Gasteiger partial charge on any atom is -0.478 e. The molecular formula is C12H12N2O3. The number of aromatic amines is 1. The molecule has 2 rings (SSSR count). The Labute approximate surface area is 97.3 Å². The number of aromatic carboxylic acids is 1. The van der Waals surface area contributed by atoms with Gasteiger partial charge in [-0.1, -0.05) is 18.2 Å². The molecule has 0 amide bonds. The first kappa shape index (κ1) is 11.2. The van der Waals surface area contributed by atoms with E-state index in [9.17, 15) is 9.59 Å². The number of H-pyrrole nitrogens is 1. The van der Waals surface area contributed by atoms with Crippen molar-refractivity contribution in [1.29, 1.82) is 0 Å². The molecule has 5 heteroatoms. The SMILES string of the molecule is Cc1c[nH]c(=O)n1Cc1ccccc1C(=O)O. The first-order chi connectivity index (χ1) is 8.09. The summed E-state index contributed by atoms with van der Waals surface area (Å²) in [6, 6.07) is 6.67. The Hall–Kier alpha value is -2.30. The van der Waals surface area contributed by atoms with Gasteiger partial charge in [-0.2, -0.15) is 0 Å². The maximum absolute atomic E-state index is 11.5. The molecular weight excluding hydrogens is 220 g/mol. The van der Waals surface area contributed by atoms with Crippen LogP contribution in [0.2, 0.25) is 0 Å². The molecule has 1 aromatic carbocycles. The molecule has 5 nitrogen and oxygen atoms in total. The molecule has 0 aliphatic carbocycles. The number of imidazole rings is 1. The number of carboxylic acids is 1. The normalized spacial score (nSPS) is 10.4. The van der Waals surface area contributed by atoms with E-state index in [1.54, 1.807) is 31.3 Å². The lowest BCUT2D eigenvalue weighted by atomic mass is 10.1. The number of aryl methyl sites for hydroxylation is 1. The molecule has 0 saturated carbocycles. The van der Waals surface area contributed by atoms with Crippen LogP contribution in [0.15, 0.2) is 35.3 Å². The number of nitrogens with zero attached hydrogens (tertiary/aromatic N) is 1. The fourth-order valence-electron chi connectivity index (χ4n) is 1.72. The second-order valence-corrected chi connectivity index (χ2v) is 3.78. The molecule has 0 spiro atoms. The molecule has 0 atom stereocenters. The largest absolute Gasteiger partial charge is 0.478 e. The second-order valence-electron chi connectivity index (χ2n) is 3.78. The van der Waals surface area contributed by atoms with Gasteiger partial charge < -0.3 is 10.1 Å². The van der Waals surface area contributed by atoms with Crippen LogP contribution in [0.1, 0.15) is 21.6 Å². The molecule has 0 fully saturated rings. The Balaban J connectivity index is 2.43. The highest BCUT2D eigenvalue weighted by molar-refractivity contribution is 5.89. The van der Waals surface area contributed by atoms with Crippen LogP contribution in [0.5, 0.6) is 0 Å². The van der Waals surface area contributed by atoms with Gasteiger partial charge in [0.1, 0.15) is 0 Å². The Morgan fingerprint density at radius 2 is 2.12 bits per heavy atom. The summed E-state index contributed by atoms with van der Waals surface area (Å²) < 4.78 is 1.50. The first-order valence-electron chi connectivity index (χ1n) is 5.15. The molecule has 0 saturated heterocycles. The van der Waals surface area contributed by atoms with E-state index in [-0.39, 0.29) is 17.8 Å². The third-order valence-electron chi connectivity index (χ3n) is 2.65. The van der Waals surface area contributed by atoms with Gasteiger partial charge in [0.15, 0.2) is 0 Å². The predicted molar refractivity (Wildman–Crippen MR) is 62.3 cm³/mol. The van der Waals surface area contributed by atoms with Crippen molar-refractivity contribution in [1.82, 2.24) is 9.55 Å². The Bertz CT molecular complexity index is 610. The van der Waals surface area contributed by atoms with Crippen molar-refractivity contribution in [2.24, 2.45) is 0 Å². The van der Waals surface area contributed by atoms with Gasteiger partial charge in [-0.25, -0.2) is 9.59 Å². The molecule has 88 valence electrons. The highest BCUT2D eigenvalue weighted by Gasteiger charge is 2.11. The average molecular weight is 232 g/mol. The number of benzene rings is 1. The van der Waals surface area contributed by atoms with Crippen LogP contribution in [-0.2, 0) is 6.54 Å². The van der Waals surface area contributed by atoms with Crippen molar-refractivity contribution in [2.45, 2.75) is 13.5 Å². The number of nitrogens with one attached hydrogen (secondary N) is 1. The second kappa shape index (κ2) is 4.29. The van der Waals surface area contributed by atoms with Gasteiger partial charge in [0.05, 0.1) is 12.1 Å². The quantitative estimate of drug-likeness (QED) is 0.835. The van der Waals surface area contributed by atoms with Crippen LogP contribution in [0, 0.1) is 6.92 Å². The average Bonchev–Trinajstić information content (AvgIpc) is 2.61. The Morgan fingerprint density at radius 3 is 2.71 bits per heavy atom. The smallest absolute Gasteiger partial charge is 0.336 e. The summed E-state index contributed by atoms with van der Waals surface area (Å²) >= 11 is 0. The van der Waals surface area contributed by atoms with Crippen LogP contribution in [0.3, 0.4) is 0 Å². The van der Waals surface area contributed by atoms with Crippen LogP contribution in [0.4, 0.5) is 0 Å². The zero-order valence-electron chi connectivity index (χ0n) is 9.30. The number of hydrogen-bond acceptors (Lipinski definition) is 2. The van der Waals surface area contributed by atoms with E-state index in [1.165, 1.54) is 10.6 Å². The number of aromatic nitrogens is 2. The molecule has 0 radical (unpaired) electrons. The number of rotatable bonds is 3. The fourth-order valence-corrected chi connectivity index (χ4v) is 1.72. The number of carboxylic acid groups (broad SMARTS) is 1. The summed E-state index contributed by atoms with van der Waals surface area (Å²) in [5.74, 6) is -0.984. The van der Waals surface area contributed by atoms with E-state index >= 15 is 0 Å². The summed E-state index contributed by atoms with van der Waals surface area (Å²) in [6.07, 6.45) is 1.60. The third kappa shape index (κ3) is 2.13. The van der Waals surface area contributed by atoms with Crippen molar-refractivity contribution < 1.29 is 9.90 Å². The minimum atomic E-state index is -0.984. The van der Waals surface area contributed by atoms with Gasteiger partial charge in [-0.05, 0) is 18.6 Å². The fraction of sp³-hybridized carbons (Fsp3) is 0.167. The minimum absolute atomic E-state index is 0.222. The summed E-state index contributed by atoms with van der Waals surface area (Å²) in [7, 11) is 0. The van der Waals surface area contributed by atoms with Crippen LogP contribution in [0.25, 0.3) is 0 Å². The molecule has 17 heavy (non-hydrogen) atoms. The van der Waals surface area contributed by atoms with Gasteiger partial charge in [-0.3, -0.25) is 4.57 Å². The number of hydrogen-bond donors (Lipinski definition) is 2. The molecule has 0 unspecified atom stereocenters. The van der Waals surface area contributed by atoms with Crippen LogP contribution in [-0.4, -0.2) is 20.6 Å². The summed E-state index contributed by atoms with van der Waals surface area (Å²) in [5.41, 5.74) is 1.38. The Kier molecular flexibility index (Phi) is 2.82. The van der Waals surface area contributed by atoms with Crippen molar-refractivity contribution >= 4 is 5.97 Å². The predicted octanol–water partition coefficient (Wildman–Crippen LogP) is 1.23. The van der Waals surface area contributed by atoms with Crippen molar-refractivity contribution in [3.05, 3.63) is 57.8 Å². The van der Waals surface area contributed by atoms with Crippen molar-refractivity contribution in [3.63, 3.8) is 0 Å². The lowest BCUT2D eigenvalue weighted by Gasteiger charge is -2.07. The maximum atomic E-state index is 11.5. The van der Waals surface area contributed by atoms with Gasteiger partial charge in [-0.15, -0.1) is 0 Å². The molecule has 0 aliphatic heterocycles. The van der Waals surface area contributed by atoms with E-state index in [1.807, 2.05) is 0 Å². The highest BCUT2D eigenvalue weighted by atomic mass is 16.4. The third-order valence-corrected chi connectivity index (χ3v) is 2.65. The van der Waals surface area contributed by atoms with E-state index in [0.717, 1.165) is 5.69 Å². The van der Waals surface area contributed by atoms with E-state index in [2.05, 4.69) is 4.98 Å². The lowest BCUT2D eigenvalue weighted by molar-refractivity contribution is 0.0695. The van der Waals surface area contributed by atoms with Gasteiger partial charge in [0.25, 0.3) is 0 Å². The van der Waals surface area contributed by atoms with E-state index in [4.69, 9.17) is 5.11 Å². The monoisotopic (exact) mass is 232 g/mol. The van der Waals surface area contributed by atoms with Gasteiger partial charge in [0, 0.05) is 11.9 Å². The standard InChI is InChI=1S/C12H12N2O3/c1-8-6-13-12(17)14(8)7-9-4-2-3-5-10(9)11(15)16/h2-6H,7H2,1H3,(H,13,17)(H,15,16). The number of carbonyl (C=O) groups is 1. The molecule has 1 heterocycles. The van der Waals surface area contributed by atoms with Gasteiger partial charge in [0.2, 0.25) is 0 Å². The lowest BCUT2D eigenvalue weighted by Crippen LogP contribution is -2.20. The zero-order valence-corrected chi connectivity index (χ0v) is 9.30. The van der Waals surface area contributed by atoms with Gasteiger partial charge >= 0.3 is 11.7 Å². The molecule has 1 aromatic heterocycles. The molecule has 0 bridgehead atoms. The van der Waals surface area contributed by atoms with E-state index in [0.29, 0.717) is 5.56 Å². The molecule has 2 aromatic rings. The van der Waals surface area contributed by atoms with Crippen molar-refractivity contribution in [2.75, 3.05) is 0 Å². The van der Waals surface area contributed by atoms with Crippen LogP contribution >= 0.6 is 0 Å². The highest BCUT2D eigenvalue weighted by Crippen LogP contribution is 2.10. The summed E-state index contributed by atoms with van der Waals surface area (Å²) in [4.78, 5) is 25.1. The zero-order chi connectivity index (χ0) is 12.4. The topological polar surface area (TPSA) is 75.1 Å². The van der Waals surface area contributed by atoms with E-state index < -0.39 is 5.97 Å². The maximum Gasteiger partial charge on any atom is 0.336 e. The Morgan fingerprint density at radius 1 is 1.41 bits per heavy atom.